The van der Waals surface area contributed by atoms with Gasteiger partial charge in [-0.25, -0.2) is 4.39 Å². The molecule has 0 aliphatic heterocycles. The molecule has 9 heteroatoms. The number of nitrogens with zero attached hydrogens (tertiary/aromatic N) is 3. The van der Waals surface area contributed by atoms with Crippen LogP contribution in [0, 0.1) is 12.7 Å². The minimum Gasteiger partial charge on any atom is -0.361 e. The number of aromatic amines is 1. The van der Waals surface area contributed by atoms with E-state index in [0.717, 1.165) is 41.9 Å². The molecule has 0 fully saturated rings. The van der Waals surface area contributed by atoms with Crippen LogP contribution >= 0.6 is 24.0 Å². The molecule has 0 unspecified atom stereocenters. The van der Waals surface area contributed by atoms with Crippen LogP contribution < -0.4 is 10.6 Å². The SMILES string of the molecule is CCNC(=NCCc1nc(C)no1)NCCc1c[nH]c2cc(F)ccc12.I. The number of aryl methyl sites for hydroxylation is 1. The fraction of sp³-hybridized carbons (Fsp3) is 0.389. The molecular weight excluding hydrogens is 462 g/mol. The molecule has 1 aromatic carbocycles. The second kappa shape index (κ2) is 10.2. The Hall–Kier alpha value is -2.17. The van der Waals surface area contributed by atoms with E-state index in [9.17, 15) is 4.39 Å². The Bertz CT molecular complexity index is 891. The molecule has 3 rings (SSSR count). The molecule has 0 radical (unpaired) electrons. The number of nitrogens with one attached hydrogen (secondary N) is 3. The number of H-pyrrole nitrogens is 1. The molecule has 0 spiro atoms. The Kier molecular flexibility index (Phi) is 8.01. The Morgan fingerprint density at radius 2 is 2.15 bits per heavy atom. The maximum absolute atomic E-state index is 13.3. The first kappa shape index (κ1) is 21.1. The van der Waals surface area contributed by atoms with Gasteiger partial charge < -0.3 is 20.1 Å². The average Bonchev–Trinajstić information content (AvgIpc) is 3.21. The number of guanidine groups is 1. The average molecular weight is 486 g/mol. The van der Waals surface area contributed by atoms with Gasteiger partial charge in [0.05, 0.1) is 6.54 Å². The molecule has 2 heterocycles. The zero-order valence-electron chi connectivity index (χ0n) is 15.4. The predicted molar refractivity (Wildman–Crippen MR) is 114 cm³/mol. The lowest BCUT2D eigenvalue weighted by Crippen LogP contribution is -2.38. The molecule has 0 aliphatic rings. The van der Waals surface area contributed by atoms with Crippen molar-refractivity contribution < 1.29 is 8.91 Å². The fourth-order valence-corrected chi connectivity index (χ4v) is 2.73. The Morgan fingerprint density at radius 1 is 1.30 bits per heavy atom. The summed E-state index contributed by atoms with van der Waals surface area (Å²) in [6.45, 7) is 5.87. The van der Waals surface area contributed by atoms with Crippen molar-refractivity contribution in [2.24, 2.45) is 4.99 Å². The van der Waals surface area contributed by atoms with Crippen molar-refractivity contribution in [1.29, 1.82) is 0 Å². The predicted octanol–water partition coefficient (Wildman–Crippen LogP) is 2.96. The van der Waals surface area contributed by atoms with Gasteiger partial charge in [0.1, 0.15) is 5.82 Å². The van der Waals surface area contributed by atoms with Crippen LogP contribution in [-0.2, 0) is 12.8 Å². The zero-order valence-corrected chi connectivity index (χ0v) is 17.7. The highest BCUT2D eigenvalue weighted by Crippen LogP contribution is 2.19. The Balaban J connectivity index is 0.00000261. The van der Waals surface area contributed by atoms with Gasteiger partial charge in [0, 0.05) is 36.6 Å². The van der Waals surface area contributed by atoms with Crippen LogP contribution in [0.2, 0.25) is 0 Å². The lowest BCUT2D eigenvalue weighted by atomic mass is 10.1. The van der Waals surface area contributed by atoms with Gasteiger partial charge in [0.2, 0.25) is 5.89 Å². The number of halogens is 2. The molecule has 0 amide bonds. The molecule has 2 aromatic heterocycles. The number of aromatic nitrogens is 3. The summed E-state index contributed by atoms with van der Waals surface area (Å²) >= 11 is 0. The molecule has 3 N–H and O–H groups in total. The Labute approximate surface area is 174 Å². The first-order chi connectivity index (χ1) is 12.7. The van der Waals surface area contributed by atoms with E-state index in [0.29, 0.717) is 24.7 Å². The lowest BCUT2D eigenvalue weighted by Gasteiger charge is -2.10. The minimum absolute atomic E-state index is 0. The summed E-state index contributed by atoms with van der Waals surface area (Å²) in [4.78, 5) is 11.8. The van der Waals surface area contributed by atoms with Gasteiger partial charge in [-0.2, -0.15) is 4.98 Å². The maximum atomic E-state index is 13.3. The van der Waals surface area contributed by atoms with E-state index in [2.05, 4.69) is 30.8 Å². The molecule has 146 valence electrons. The van der Waals surface area contributed by atoms with Gasteiger partial charge >= 0.3 is 0 Å². The highest BCUT2D eigenvalue weighted by Gasteiger charge is 2.06. The van der Waals surface area contributed by atoms with Crippen LogP contribution in [0.3, 0.4) is 0 Å². The maximum Gasteiger partial charge on any atom is 0.228 e. The van der Waals surface area contributed by atoms with Crippen molar-refractivity contribution in [3.05, 3.63) is 47.5 Å². The topological polar surface area (TPSA) is 91.1 Å². The summed E-state index contributed by atoms with van der Waals surface area (Å²) in [5.41, 5.74) is 1.96. The van der Waals surface area contributed by atoms with Crippen molar-refractivity contribution in [3.8, 4) is 0 Å². The molecule has 0 aliphatic carbocycles. The van der Waals surface area contributed by atoms with Crippen molar-refractivity contribution in [3.63, 3.8) is 0 Å². The second-order valence-corrected chi connectivity index (χ2v) is 5.93. The standard InChI is InChI=1S/C18H23FN6O.HI/c1-3-20-18(22-9-7-17-24-12(2)25-26-17)21-8-6-13-11-23-16-10-14(19)4-5-15(13)16;/h4-5,10-11,23H,3,6-9H2,1-2H3,(H2,20,21,22);1H. The quantitative estimate of drug-likeness (QED) is 0.272. The van der Waals surface area contributed by atoms with Crippen LogP contribution in [0.25, 0.3) is 10.9 Å². The monoisotopic (exact) mass is 486 g/mol. The fourth-order valence-electron chi connectivity index (χ4n) is 2.73. The summed E-state index contributed by atoms with van der Waals surface area (Å²) in [7, 11) is 0. The van der Waals surface area contributed by atoms with Crippen LogP contribution in [0.5, 0.6) is 0 Å². The molecule has 3 aromatic rings. The molecule has 0 bridgehead atoms. The minimum atomic E-state index is -0.234. The molecule has 0 saturated carbocycles. The van der Waals surface area contributed by atoms with Crippen molar-refractivity contribution >= 4 is 40.8 Å². The summed E-state index contributed by atoms with van der Waals surface area (Å²) < 4.78 is 18.3. The molecule has 27 heavy (non-hydrogen) atoms. The van der Waals surface area contributed by atoms with Gasteiger partial charge in [-0.1, -0.05) is 5.16 Å². The van der Waals surface area contributed by atoms with E-state index in [1.54, 1.807) is 6.92 Å². The number of hydrogen-bond donors (Lipinski definition) is 3. The second-order valence-electron chi connectivity index (χ2n) is 5.93. The summed E-state index contributed by atoms with van der Waals surface area (Å²) in [5, 5.41) is 11.3. The highest BCUT2D eigenvalue weighted by atomic mass is 127. The Morgan fingerprint density at radius 3 is 2.89 bits per heavy atom. The van der Waals surface area contributed by atoms with Crippen molar-refractivity contribution in [2.75, 3.05) is 19.6 Å². The first-order valence-electron chi connectivity index (χ1n) is 8.72. The molecular formula is C18H24FIN6O. The normalized spacial score (nSPS) is 11.4. The van der Waals surface area contributed by atoms with Gasteiger partial charge in [0.25, 0.3) is 0 Å². The van der Waals surface area contributed by atoms with Crippen LogP contribution in [0.15, 0.2) is 33.9 Å². The van der Waals surface area contributed by atoms with Gasteiger partial charge in [-0.05, 0) is 44.0 Å². The highest BCUT2D eigenvalue weighted by molar-refractivity contribution is 14.0. The third kappa shape index (κ3) is 5.91. The van der Waals surface area contributed by atoms with E-state index in [1.807, 2.05) is 19.2 Å². The lowest BCUT2D eigenvalue weighted by molar-refractivity contribution is 0.376. The van der Waals surface area contributed by atoms with Gasteiger partial charge in [0.15, 0.2) is 11.8 Å². The van der Waals surface area contributed by atoms with E-state index >= 15 is 0 Å². The molecule has 0 saturated heterocycles. The van der Waals surface area contributed by atoms with Crippen LogP contribution in [0.1, 0.15) is 24.2 Å². The number of hydrogen-bond acceptors (Lipinski definition) is 4. The third-order valence-corrected chi connectivity index (χ3v) is 3.93. The van der Waals surface area contributed by atoms with E-state index in [4.69, 9.17) is 4.52 Å². The summed E-state index contributed by atoms with van der Waals surface area (Å²) in [5.74, 6) is 1.73. The van der Waals surface area contributed by atoms with Crippen molar-refractivity contribution in [2.45, 2.75) is 26.7 Å². The summed E-state index contributed by atoms with van der Waals surface area (Å²) in [6, 6.07) is 4.80. The first-order valence-corrected chi connectivity index (χ1v) is 8.72. The van der Waals surface area contributed by atoms with Crippen molar-refractivity contribution in [1.82, 2.24) is 25.8 Å². The number of benzene rings is 1. The summed E-state index contributed by atoms with van der Waals surface area (Å²) in [6.07, 6.45) is 3.33. The van der Waals surface area contributed by atoms with Crippen LogP contribution in [0.4, 0.5) is 4.39 Å². The number of aliphatic imine (C=N–C) groups is 1. The van der Waals surface area contributed by atoms with E-state index in [1.165, 1.54) is 12.1 Å². The number of fused-ring (bicyclic) bond motifs is 1. The van der Waals surface area contributed by atoms with Crippen LogP contribution in [-0.4, -0.2) is 40.7 Å². The van der Waals surface area contributed by atoms with E-state index in [-0.39, 0.29) is 29.8 Å². The zero-order chi connectivity index (χ0) is 18.4. The smallest absolute Gasteiger partial charge is 0.228 e. The van der Waals surface area contributed by atoms with Gasteiger partial charge in [-0.15, -0.1) is 24.0 Å². The van der Waals surface area contributed by atoms with Gasteiger partial charge in [-0.3, -0.25) is 4.99 Å². The van der Waals surface area contributed by atoms with E-state index < -0.39 is 0 Å². The number of rotatable bonds is 7. The molecule has 7 nitrogen and oxygen atoms in total. The third-order valence-electron chi connectivity index (χ3n) is 3.93. The largest absolute Gasteiger partial charge is 0.361 e. The molecule has 0 atom stereocenters.